The van der Waals surface area contributed by atoms with Crippen LogP contribution < -0.4 is 10.2 Å². The van der Waals surface area contributed by atoms with Gasteiger partial charge in [-0.2, -0.15) is 18.2 Å². The Bertz CT molecular complexity index is 462. The second kappa shape index (κ2) is 4.91. The van der Waals surface area contributed by atoms with E-state index in [2.05, 4.69) is 15.5 Å². The van der Waals surface area contributed by atoms with Gasteiger partial charge in [0.2, 0.25) is 5.89 Å². The van der Waals surface area contributed by atoms with Gasteiger partial charge in [-0.1, -0.05) is 0 Å². The molecule has 1 aromatic rings. The molecule has 0 aromatic carbocycles. The minimum Gasteiger partial charge on any atom is -0.338 e. The first-order chi connectivity index (χ1) is 9.53. The molecule has 3 heterocycles. The van der Waals surface area contributed by atoms with E-state index >= 15 is 0 Å². The summed E-state index contributed by atoms with van der Waals surface area (Å²) in [4.78, 5) is 5.93. The highest BCUT2D eigenvalue weighted by molar-refractivity contribution is 5.30. The Morgan fingerprint density at radius 2 is 1.95 bits per heavy atom. The molecule has 2 aliphatic rings. The van der Waals surface area contributed by atoms with Crippen molar-refractivity contribution in [3.8, 4) is 0 Å². The van der Waals surface area contributed by atoms with Gasteiger partial charge in [0, 0.05) is 19.6 Å². The molecule has 8 heteroatoms. The van der Waals surface area contributed by atoms with Crippen molar-refractivity contribution in [3.05, 3.63) is 5.89 Å². The highest BCUT2D eigenvalue weighted by atomic mass is 19.4. The van der Waals surface area contributed by atoms with Crippen molar-refractivity contribution in [2.45, 2.75) is 37.3 Å². The van der Waals surface area contributed by atoms with Gasteiger partial charge >= 0.3 is 6.18 Å². The Balaban J connectivity index is 1.87. The molecule has 112 valence electrons. The summed E-state index contributed by atoms with van der Waals surface area (Å²) < 4.78 is 45.1. The van der Waals surface area contributed by atoms with Gasteiger partial charge in [0.15, 0.2) is 5.41 Å². The fourth-order valence-electron chi connectivity index (χ4n) is 2.87. The fraction of sp³-hybridized carbons (Fsp3) is 0.833. The zero-order chi connectivity index (χ0) is 14.2. The molecular weight excluding hydrogens is 273 g/mol. The summed E-state index contributed by atoms with van der Waals surface area (Å²) in [6.45, 7) is 1.66. The van der Waals surface area contributed by atoms with Crippen LogP contribution in [0.25, 0.3) is 0 Å². The molecule has 0 aliphatic carbocycles. The quantitative estimate of drug-likeness (QED) is 0.901. The van der Waals surface area contributed by atoms with E-state index in [0.717, 1.165) is 32.4 Å². The molecule has 2 fully saturated rings. The lowest BCUT2D eigenvalue weighted by atomic mass is 9.86. The van der Waals surface area contributed by atoms with Gasteiger partial charge in [-0.25, -0.2) is 0 Å². The molecule has 0 amide bonds. The van der Waals surface area contributed by atoms with Crippen LogP contribution in [0.2, 0.25) is 0 Å². The summed E-state index contributed by atoms with van der Waals surface area (Å²) in [5, 5.41) is 6.50. The van der Waals surface area contributed by atoms with E-state index in [1.54, 1.807) is 0 Å². The largest absolute Gasteiger partial charge is 0.404 e. The van der Waals surface area contributed by atoms with Crippen LogP contribution in [0.4, 0.5) is 19.1 Å². The molecule has 5 nitrogen and oxygen atoms in total. The third-order valence-corrected chi connectivity index (χ3v) is 4.16. The van der Waals surface area contributed by atoms with Crippen LogP contribution in [0.3, 0.4) is 0 Å². The number of rotatable bonds is 2. The van der Waals surface area contributed by atoms with Crippen LogP contribution >= 0.6 is 0 Å². The summed E-state index contributed by atoms with van der Waals surface area (Å²) >= 11 is 0. The third-order valence-electron chi connectivity index (χ3n) is 4.16. The van der Waals surface area contributed by atoms with Crippen LogP contribution in [0.15, 0.2) is 4.52 Å². The highest BCUT2D eigenvalue weighted by Gasteiger charge is 2.61. The van der Waals surface area contributed by atoms with E-state index in [0.29, 0.717) is 6.54 Å². The van der Waals surface area contributed by atoms with Crippen molar-refractivity contribution < 1.29 is 17.7 Å². The first-order valence-corrected chi connectivity index (χ1v) is 6.89. The lowest BCUT2D eigenvalue weighted by molar-refractivity contribution is -0.191. The average molecular weight is 290 g/mol. The second-order valence-corrected chi connectivity index (χ2v) is 5.45. The number of nitrogens with zero attached hydrogens (tertiary/aromatic N) is 3. The minimum absolute atomic E-state index is 0.0574. The molecular formula is C12H17F3N4O. The number of anilines is 1. The molecule has 20 heavy (non-hydrogen) atoms. The molecule has 0 radical (unpaired) electrons. The zero-order valence-electron chi connectivity index (χ0n) is 11.0. The van der Waals surface area contributed by atoms with E-state index in [1.807, 2.05) is 4.90 Å². The first kappa shape index (κ1) is 13.7. The van der Waals surface area contributed by atoms with Gasteiger partial charge in [-0.15, -0.1) is 0 Å². The van der Waals surface area contributed by atoms with Crippen LogP contribution in [0.5, 0.6) is 0 Å². The molecule has 1 aromatic heterocycles. The van der Waals surface area contributed by atoms with E-state index in [4.69, 9.17) is 4.52 Å². The van der Waals surface area contributed by atoms with Crippen LogP contribution in [0, 0.1) is 0 Å². The number of hydrogen-bond acceptors (Lipinski definition) is 5. The van der Waals surface area contributed by atoms with Crippen molar-refractivity contribution in [2.24, 2.45) is 0 Å². The maximum atomic E-state index is 13.4. The molecule has 0 spiro atoms. The summed E-state index contributed by atoms with van der Waals surface area (Å²) in [6.07, 6.45) is -1.29. The Kier molecular flexibility index (Phi) is 3.35. The van der Waals surface area contributed by atoms with E-state index in [-0.39, 0.29) is 24.8 Å². The molecule has 3 rings (SSSR count). The van der Waals surface area contributed by atoms with Crippen LogP contribution in [-0.2, 0) is 5.41 Å². The number of piperidine rings is 1. The Morgan fingerprint density at radius 1 is 1.20 bits per heavy atom. The Morgan fingerprint density at radius 3 is 2.55 bits per heavy atom. The van der Waals surface area contributed by atoms with Gasteiger partial charge in [-0.3, -0.25) is 0 Å². The van der Waals surface area contributed by atoms with Gasteiger partial charge < -0.3 is 14.7 Å². The maximum Gasteiger partial charge on any atom is 0.404 e. The van der Waals surface area contributed by atoms with E-state index in [1.165, 1.54) is 0 Å². The van der Waals surface area contributed by atoms with Gasteiger partial charge in [-0.05, 0) is 37.4 Å². The van der Waals surface area contributed by atoms with E-state index in [9.17, 15) is 13.2 Å². The predicted octanol–water partition coefficient (Wildman–Crippen LogP) is 1.85. The van der Waals surface area contributed by atoms with E-state index < -0.39 is 11.6 Å². The summed E-state index contributed by atoms with van der Waals surface area (Å²) in [5.74, 6) is -0.0224. The molecule has 0 bridgehead atoms. The molecule has 1 unspecified atom stereocenters. The smallest absolute Gasteiger partial charge is 0.338 e. The van der Waals surface area contributed by atoms with Crippen molar-refractivity contribution in [2.75, 3.05) is 31.1 Å². The van der Waals surface area contributed by atoms with Gasteiger partial charge in [0.1, 0.15) is 0 Å². The lowest BCUT2D eigenvalue weighted by Crippen LogP contribution is -2.44. The minimum atomic E-state index is -4.39. The summed E-state index contributed by atoms with van der Waals surface area (Å²) in [6, 6.07) is 0. The molecule has 1 N–H and O–H groups in total. The highest BCUT2D eigenvalue weighted by Crippen LogP contribution is 2.45. The SMILES string of the molecule is FC(F)(F)C1(c2nc(N3CCCCC3)no2)CCNC1. The molecule has 2 saturated heterocycles. The number of alkyl halides is 3. The number of aromatic nitrogens is 2. The average Bonchev–Trinajstić information content (AvgIpc) is 3.09. The first-order valence-electron chi connectivity index (χ1n) is 6.89. The lowest BCUT2D eigenvalue weighted by Gasteiger charge is -2.27. The van der Waals surface area contributed by atoms with Crippen molar-refractivity contribution in [1.82, 2.24) is 15.5 Å². The molecule has 1 atom stereocenters. The maximum absolute atomic E-state index is 13.4. The van der Waals surface area contributed by atoms with Crippen molar-refractivity contribution >= 4 is 5.95 Å². The zero-order valence-corrected chi connectivity index (χ0v) is 11.0. The monoisotopic (exact) mass is 290 g/mol. The molecule has 2 aliphatic heterocycles. The Labute approximate surface area is 114 Å². The van der Waals surface area contributed by atoms with Gasteiger partial charge in [0.25, 0.3) is 5.95 Å². The third kappa shape index (κ3) is 2.15. The number of hydrogen-bond donors (Lipinski definition) is 1. The summed E-state index contributed by atoms with van der Waals surface area (Å²) in [5.41, 5.74) is -2.03. The summed E-state index contributed by atoms with van der Waals surface area (Å²) in [7, 11) is 0. The number of halogens is 3. The van der Waals surface area contributed by atoms with Crippen LogP contribution in [-0.4, -0.2) is 42.5 Å². The number of nitrogens with one attached hydrogen (secondary N) is 1. The molecule has 0 saturated carbocycles. The van der Waals surface area contributed by atoms with Crippen LogP contribution in [0.1, 0.15) is 31.6 Å². The van der Waals surface area contributed by atoms with Crippen molar-refractivity contribution in [1.29, 1.82) is 0 Å². The Hall–Kier alpha value is -1.31. The normalized spacial score (nSPS) is 28.1. The van der Waals surface area contributed by atoms with Gasteiger partial charge in [0.05, 0.1) is 0 Å². The predicted molar refractivity (Wildman–Crippen MR) is 65.6 cm³/mol. The second-order valence-electron chi connectivity index (χ2n) is 5.45. The topological polar surface area (TPSA) is 54.2 Å². The fourth-order valence-corrected chi connectivity index (χ4v) is 2.87. The van der Waals surface area contributed by atoms with Crippen molar-refractivity contribution in [3.63, 3.8) is 0 Å². The standard InChI is InChI=1S/C12H17F3N4O/c13-12(14,15)11(4-5-16-8-11)9-17-10(18-20-9)19-6-2-1-3-7-19/h16H,1-8H2.